The molecule has 0 saturated heterocycles. The van der Waals surface area contributed by atoms with Crippen LogP contribution in [0.25, 0.3) is 0 Å². The van der Waals surface area contributed by atoms with Crippen LogP contribution in [-0.4, -0.2) is 48.3 Å². The second-order valence-electron chi connectivity index (χ2n) is 4.24. The Kier molecular flexibility index (Phi) is 7.93. The molecular weight excluding hydrogens is 206 g/mol. The number of hydrogen-bond acceptors (Lipinski definition) is 4. The number of nitrogens with two attached hydrogens (primary N) is 1. The highest BCUT2D eigenvalue weighted by Crippen LogP contribution is 2.00. The van der Waals surface area contributed by atoms with Gasteiger partial charge in [-0.1, -0.05) is 19.0 Å². The van der Waals surface area contributed by atoms with Crippen molar-refractivity contribution in [3.8, 4) is 0 Å². The van der Waals surface area contributed by atoms with Gasteiger partial charge in [0.25, 0.3) is 0 Å². The summed E-state index contributed by atoms with van der Waals surface area (Å²) in [7, 11) is 0. The standard InChI is InChI=1S/C11H25N3O2/c1-5-14(6-7-16-9(2)3)8-10(4)11(12)13-15/h9-10,15H,5-8H2,1-4H3,(H2,12,13). The molecule has 16 heavy (non-hydrogen) atoms. The Bertz CT molecular complexity index is 207. The maximum absolute atomic E-state index is 8.56. The van der Waals surface area contributed by atoms with Gasteiger partial charge in [0.15, 0.2) is 0 Å². The largest absolute Gasteiger partial charge is 0.409 e. The summed E-state index contributed by atoms with van der Waals surface area (Å²) in [6.45, 7) is 11.4. The molecule has 0 amide bonds. The second-order valence-corrected chi connectivity index (χ2v) is 4.24. The summed E-state index contributed by atoms with van der Waals surface area (Å²) in [6.07, 6.45) is 0.264. The molecule has 0 rings (SSSR count). The average molecular weight is 231 g/mol. The molecule has 0 aliphatic heterocycles. The highest BCUT2D eigenvalue weighted by molar-refractivity contribution is 5.82. The maximum Gasteiger partial charge on any atom is 0.143 e. The highest BCUT2D eigenvalue weighted by atomic mass is 16.5. The molecule has 0 aliphatic rings. The number of rotatable bonds is 8. The number of likely N-dealkylation sites (N-methyl/N-ethyl adjacent to an activating group) is 1. The van der Waals surface area contributed by atoms with E-state index in [-0.39, 0.29) is 17.9 Å². The monoisotopic (exact) mass is 231 g/mol. The number of hydrogen-bond donors (Lipinski definition) is 2. The Balaban J connectivity index is 3.91. The van der Waals surface area contributed by atoms with Crippen LogP contribution >= 0.6 is 0 Å². The van der Waals surface area contributed by atoms with Crippen molar-refractivity contribution < 1.29 is 9.94 Å². The molecule has 5 heteroatoms. The van der Waals surface area contributed by atoms with Crippen molar-refractivity contribution in [1.29, 1.82) is 0 Å². The van der Waals surface area contributed by atoms with E-state index in [0.29, 0.717) is 6.61 Å². The molecule has 0 bridgehead atoms. The molecule has 3 N–H and O–H groups in total. The molecule has 0 aliphatic carbocycles. The number of amidine groups is 1. The van der Waals surface area contributed by atoms with Crippen LogP contribution in [0.3, 0.4) is 0 Å². The fourth-order valence-electron chi connectivity index (χ4n) is 1.38. The van der Waals surface area contributed by atoms with Crippen LogP contribution in [0.15, 0.2) is 5.16 Å². The van der Waals surface area contributed by atoms with Gasteiger partial charge in [-0.25, -0.2) is 0 Å². The molecule has 0 saturated carbocycles. The van der Waals surface area contributed by atoms with E-state index in [0.717, 1.165) is 19.6 Å². The van der Waals surface area contributed by atoms with Gasteiger partial charge in [-0.15, -0.1) is 0 Å². The Morgan fingerprint density at radius 3 is 2.50 bits per heavy atom. The van der Waals surface area contributed by atoms with Gasteiger partial charge in [-0.2, -0.15) is 0 Å². The highest BCUT2D eigenvalue weighted by Gasteiger charge is 2.12. The summed E-state index contributed by atoms with van der Waals surface area (Å²) in [4.78, 5) is 2.23. The van der Waals surface area contributed by atoms with E-state index in [1.807, 2.05) is 20.8 Å². The van der Waals surface area contributed by atoms with Crippen molar-refractivity contribution in [2.45, 2.75) is 33.8 Å². The van der Waals surface area contributed by atoms with Crippen LogP contribution in [0.4, 0.5) is 0 Å². The first-order chi connectivity index (χ1) is 7.51. The number of nitrogens with zero attached hydrogens (tertiary/aromatic N) is 2. The average Bonchev–Trinajstić information content (AvgIpc) is 2.25. The van der Waals surface area contributed by atoms with Crippen molar-refractivity contribution in [2.24, 2.45) is 16.8 Å². The van der Waals surface area contributed by atoms with Gasteiger partial charge in [0.05, 0.1) is 12.7 Å². The second kappa shape index (κ2) is 8.35. The first-order valence-corrected chi connectivity index (χ1v) is 5.82. The molecule has 0 radical (unpaired) electrons. The maximum atomic E-state index is 8.56. The Labute approximate surface area is 98.2 Å². The minimum Gasteiger partial charge on any atom is -0.409 e. The molecule has 0 fully saturated rings. The molecule has 96 valence electrons. The third-order valence-electron chi connectivity index (χ3n) is 2.46. The molecule has 0 spiro atoms. The molecule has 1 atom stereocenters. The Morgan fingerprint density at radius 1 is 1.44 bits per heavy atom. The lowest BCUT2D eigenvalue weighted by molar-refractivity contribution is 0.0588. The normalized spacial score (nSPS) is 14.8. The first-order valence-electron chi connectivity index (χ1n) is 5.82. The van der Waals surface area contributed by atoms with Crippen molar-refractivity contribution in [3.63, 3.8) is 0 Å². The zero-order valence-corrected chi connectivity index (χ0v) is 10.8. The lowest BCUT2D eigenvalue weighted by atomic mass is 10.1. The van der Waals surface area contributed by atoms with Gasteiger partial charge in [0.2, 0.25) is 0 Å². The summed E-state index contributed by atoms with van der Waals surface area (Å²) in [6, 6.07) is 0. The fourth-order valence-corrected chi connectivity index (χ4v) is 1.38. The van der Waals surface area contributed by atoms with Crippen LogP contribution < -0.4 is 5.73 Å². The fraction of sp³-hybridized carbons (Fsp3) is 0.909. The quantitative estimate of drug-likeness (QED) is 0.284. The molecular formula is C11H25N3O2. The van der Waals surface area contributed by atoms with E-state index in [1.54, 1.807) is 0 Å². The van der Waals surface area contributed by atoms with Gasteiger partial charge in [0.1, 0.15) is 5.84 Å². The van der Waals surface area contributed by atoms with Crippen molar-refractivity contribution in [3.05, 3.63) is 0 Å². The van der Waals surface area contributed by atoms with Crippen LogP contribution in [0.1, 0.15) is 27.7 Å². The van der Waals surface area contributed by atoms with Gasteiger partial charge in [-0.3, -0.25) is 0 Å². The van der Waals surface area contributed by atoms with E-state index in [4.69, 9.17) is 15.7 Å². The molecule has 0 heterocycles. The molecule has 5 nitrogen and oxygen atoms in total. The molecule has 0 aromatic carbocycles. The summed E-state index contributed by atoms with van der Waals surface area (Å²) in [5, 5.41) is 11.6. The molecule has 1 unspecified atom stereocenters. The number of ether oxygens (including phenoxy) is 1. The zero-order chi connectivity index (χ0) is 12.6. The topological polar surface area (TPSA) is 71.1 Å². The van der Waals surface area contributed by atoms with Crippen molar-refractivity contribution in [2.75, 3.05) is 26.2 Å². The van der Waals surface area contributed by atoms with Crippen molar-refractivity contribution >= 4 is 5.84 Å². The zero-order valence-electron chi connectivity index (χ0n) is 10.8. The van der Waals surface area contributed by atoms with Crippen molar-refractivity contribution in [1.82, 2.24) is 4.90 Å². The SMILES string of the molecule is CCN(CCOC(C)C)CC(C)C(N)=NO. The first kappa shape index (κ1) is 15.2. The van der Waals surface area contributed by atoms with Crippen LogP contribution in [0, 0.1) is 5.92 Å². The predicted octanol–water partition coefficient (Wildman–Crippen LogP) is 1.12. The summed E-state index contributed by atoms with van der Waals surface area (Å²) >= 11 is 0. The smallest absolute Gasteiger partial charge is 0.143 e. The Hall–Kier alpha value is -0.810. The Morgan fingerprint density at radius 2 is 2.06 bits per heavy atom. The van der Waals surface area contributed by atoms with Crippen LogP contribution in [0.5, 0.6) is 0 Å². The van der Waals surface area contributed by atoms with E-state index < -0.39 is 0 Å². The minimum atomic E-state index is 0.0593. The van der Waals surface area contributed by atoms with E-state index in [1.165, 1.54) is 0 Å². The summed E-state index contributed by atoms with van der Waals surface area (Å²) < 4.78 is 5.49. The number of oxime groups is 1. The third kappa shape index (κ3) is 6.63. The van der Waals surface area contributed by atoms with Crippen LogP contribution in [0.2, 0.25) is 0 Å². The third-order valence-corrected chi connectivity index (χ3v) is 2.46. The van der Waals surface area contributed by atoms with Crippen LogP contribution in [-0.2, 0) is 4.74 Å². The molecule has 0 aromatic heterocycles. The van der Waals surface area contributed by atoms with Gasteiger partial charge < -0.3 is 20.6 Å². The predicted molar refractivity (Wildman–Crippen MR) is 65.8 cm³/mol. The molecule has 0 aromatic rings. The van der Waals surface area contributed by atoms with Gasteiger partial charge in [0, 0.05) is 19.0 Å². The van der Waals surface area contributed by atoms with E-state index in [9.17, 15) is 0 Å². The van der Waals surface area contributed by atoms with E-state index in [2.05, 4.69) is 17.0 Å². The lowest BCUT2D eigenvalue weighted by Crippen LogP contribution is -2.37. The minimum absolute atomic E-state index is 0.0593. The summed E-state index contributed by atoms with van der Waals surface area (Å²) in [5.74, 6) is 0.340. The van der Waals surface area contributed by atoms with E-state index >= 15 is 0 Å². The van der Waals surface area contributed by atoms with Gasteiger partial charge >= 0.3 is 0 Å². The lowest BCUT2D eigenvalue weighted by Gasteiger charge is -2.23. The summed E-state index contributed by atoms with van der Waals surface area (Å²) in [5.41, 5.74) is 5.54. The van der Waals surface area contributed by atoms with Gasteiger partial charge in [-0.05, 0) is 20.4 Å².